The molecule has 8 heteroatoms. The molecule has 1 heterocycles. The third-order valence-corrected chi connectivity index (χ3v) is 3.73. The molecule has 1 fully saturated rings. The number of nitrogens with zero attached hydrogens (tertiary/aromatic N) is 2. The highest BCUT2D eigenvalue weighted by Gasteiger charge is 2.27. The summed E-state index contributed by atoms with van der Waals surface area (Å²) in [5.74, 6) is 0.437. The van der Waals surface area contributed by atoms with Crippen molar-refractivity contribution in [2.24, 2.45) is 4.99 Å². The number of urea groups is 1. The molecule has 0 spiro atoms. The van der Waals surface area contributed by atoms with Gasteiger partial charge in [-0.2, -0.15) is 0 Å². The van der Waals surface area contributed by atoms with Crippen LogP contribution in [0.4, 0.5) is 4.79 Å². The van der Waals surface area contributed by atoms with Crippen LogP contribution in [0.3, 0.4) is 0 Å². The second-order valence-corrected chi connectivity index (χ2v) is 5.49. The fraction of sp³-hybridized carbons (Fsp3) is 0.438. The Morgan fingerprint density at radius 3 is 2.62 bits per heavy atom. The number of rotatable bonds is 5. The van der Waals surface area contributed by atoms with E-state index in [2.05, 4.69) is 53.0 Å². The van der Waals surface area contributed by atoms with Crippen LogP contribution in [0.1, 0.15) is 16.7 Å². The van der Waals surface area contributed by atoms with Gasteiger partial charge in [0.25, 0.3) is 0 Å². The topological polar surface area (TPSA) is 85.8 Å². The molecular formula is C16H24IN5O2. The van der Waals surface area contributed by atoms with E-state index in [0.29, 0.717) is 25.6 Å². The van der Waals surface area contributed by atoms with E-state index in [4.69, 9.17) is 0 Å². The lowest BCUT2D eigenvalue weighted by Gasteiger charge is -2.16. The largest absolute Gasteiger partial charge is 0.355 e. The zero-order chi connectivity index (χ0) is 16.8. The Bertz CT molecular complexity index is 617. The van der Waals surface area contributed by atoms with Crippen LogP contribution in [0.2, 0.25) is 0 Å². The van der Waals surface area contributed by atoms with E-state index in [1.165, 1.54) is 21.6 Å². The number of carbonyl (C=O) groups excluding carboxylic acids is 2. The van der Waals surface area contributed by atoms with Gasteiger partial charge < -0.3 is 16.0 Å². The van der Waals surface area contributed by atoms with Crippen LogP contribution in [-0.2, 0) is 11.3 Å². The van der Waals surface area contributed by atoms with Gasteiger partial charge in [-0.25, -0.2) is 4.79 Å². The summed E-state index contributed by atoms with van der Waals surface area (Å²) in [4.78, 5) is 28.2. The number of carbonyl (C=O) groups is 2. The molecule has 1 aromatic rings. The second kappa shape index (κ2) is 9.45. The van der Waals surface area contributed by atoms with Crippen LogP contribution in [0.25, 0.3) is 0 Å². The average molecular weight is 445 g/mol. The van der Waals surface area contributed by atoms with Gasteiger partial charge in [-0.3, -0.25) is 14.7 Å². The minimum absolute atomic E-state index is 0. The predicted octanol–water partition coefficient (Wildman–Crippen LogP) is 1.14. The van der Waals surface area contributed by atoms with Crippen molar-refractivity contribution < 1.29 is 9.59 Å². The van der Waals surface area contributed by atoms with Crippen molar-refractivity contribution in [3.05, 3.63) is 34.9 Å². The van der Waals surface area contributed by atoms with Crippen molar-refractivity contribution in [3.63, 3.8) is 0 Å². The molecule has 0 unspecified atom stereocenters. The van der Waals surface area contributed by atoms with Crippen molar-refractivity contribution in [1.82, 2.24) is 20.9 Å². The van der Waals surface area contributed by atoms with E-state index < -0.39 is 0 Å². The van der Waals surface area contributed by atoms with E-state index in [0.717, 1.165) is 0 Å². The van der Waals surface area contributed by atoms with Gasteiger partial charge in [0.1, 0.15) is 0 Å². The molecule has 0 atom stereocenters. The first-order chi connectivity index (χ1) is 11.0. The van der Waals surface area contributed by atoms with Crippen molar-refractivity contribution in [3.8, 4) is 0 Å². The van der Waals surface area contributed by atoms with E-state index in [-0.39, 0.29) is 42.5 Å². The molecule has 0 aliphatic carbocycles. The molecule has 1 aliphatic heterocycles. The van der Waals surface area contributed by atoms with Crippen molar-refractivity contribution >= 4 is 41.9 Å². The number of aliphatic imine (C=N–C) groups is 1. The molecule has 1 aromatic carbocycles. The number of hydrogen-bond donors (Lipinski definition) is 3. The summed E-state index contributed by atoms with van der Waals surface area (Å²) >= 11 is 0. The Morgan fingerprint density at radius 1 is 1.29 bits per heavy atom. The maximum absolute atomic E-state index is 11.5. The van der Waals surface area contributed by atoms with E-state index in [9.17, 15) is 9.59 Å². The number of hydrogen-bond acceptors (Lipinski definition) is 3. The minimum atomic E-state index is -0.338. The molecule has 132 valence electrons. The monoisotopic (exact) mass is 445 g/mol. The first-order valence-electron chi connectivity index (χ1n) is 7.60. The molecule has 1 saturated heterocycles. The number of halogens is 1. The third kappa shape index (κ3) is 5.36. The summed E-state index contributed by atoms with van der Waals surface area (Å²) < 4.78 is 0. The van der Waals surface area contributed by atoms with Crippen LogP contribution in [0.15, 0.2) is 23.2 Å². The third-order valence-electron chi connectivity index (χ3n) is 3.73. The highest BCUT2D eigenvalue weighted by atomic mass is 127. The highest BCUT2D eigenvalue weighted by Crippen LogP contribution is 2.09. The average Bonchev–Trinajstić information content (AvgIpc) is 2.83. The Hall–Kier alpha value is -1.84. The van der Waals surface area contributed by atoms with Crippen LogP contribution in [0.5, 0.6) is 0 Å². The maximum atomic E-state index is 11.5. The highest BCUT2D eigenvalue weighted by molar-refractivity contribution is 14.0. The summed E-state index contributed by atoms with van der Waals surface area (Å²) in [6.07, 6.45) is 0. The Morgan fingerprint density at radius 2 is 2.04 bits per heavy atom. The molecule has 0 bridgehead atoms. The normalized spacial score (nSPS) is 14.3. The van der Waals surface area contributed by atoms with E-state index in [1.807, 2.05) is 0 Å². The first-order valence-corrected chi connectivity index (χ1v) is 7.60. The summed E-state index contributed by atoms with van der Waals surface area (Å²) in [5.41, 5.74) is 3.67. The van der Waals surface area contributed by atoms with Crippen molar-refractivity contribution in [2.45, 2.75) is 20.4 Å². The van der Waals surface area contributed by atoms with E-state index >= 15 is 0 Å². The SMILES string of the molecule is CN=C(NCCN1C(=O)CNC1=O)NCc1ccc(C)cc1C.I. The van der Waals surface area contributed by atoms with Crippen LogP contribution in [0, 0.1) is 13.8 Å². The van der Waals surface area contributed by atoms with E-state index in [1.54, 1.807) is 7.05 Å². The van der Waals surface area contributed by atoms with Gasteiger partial charge in [-0.15, -0.1) is 24.0 Å². The Labute approximate surface area is 159 Å². The Balaban J connectivity index is 0.00000288. The smallest absolute Gasteiger partial charge is 0.324 e. The van der Waals surface area contributed by atoms with Gasteiger partial charge in [0.05, 0.1) is 6.54 Å². The molecular weight excluding hydrogens is 421 g/mol. The second-order valence-electron chi connectivity index (χ2n) is 5.49. The summed E-state index contributed by atoms with van der Waals surface area (Å²) in [5, 5.41) is 8.82. The molecule has 24 heavy (non-hydrogen) atoms. The molecule has 0 saturated carbocycles. The van der Waals surface area contributed by atoms with Gasteiger partial charge in [0.2, 0.25) is 5.91 Å². The quantitative estimate of drug-likeness (QED) is 0.275. The zero-order valence-corrected chi connectivity index (χ0v) is 16.5. The number of imide groups is 1. The molecule has 1 aliphatic rings. The molecule has 3 N–H and O–H groups in total. The predicted molar refractivity (Wildman–Crippen MR) is 105 cm³/mol. The van der Waals surface area contributed by atoms with Crippen LogP contribution >= 0.6 is 24.0 Å². The molecule has 0 aromatic heterocycles. The summed E-state index contributed by atoms with van der Waals surface area (Å²) in [6.45, 7) is 5.66. The molecule has 2 rings (SSSR count). The van der Waals surface area contributed by atoms with Crippen LogP contribution < -0.4 is 16.0 Å². The molecule has 3 amide bonds. The number of benzene rings is 1. The Kier molecular flexibility index (Phi) is 7.96. The van der Waals surface area contributed by atoms with Gasteiger partial charge in [-0.05, 0) is 25.0 Å². The molecule has 7 nitrogen and oxygen atoms in total. The van der Waals surface area contributed by atoms with Gasteiger partial charge >= 0.3 is 6.03 Å². The lowest BCUT2D eigenvalue weighted by Crippen LogP contribution is -2.43. The maximum Gasteiger partial charge on any atom is 0.324 e. The number of aryl methyl sites for hydroxylation is 2. The summed E-state index contributed by atoms with van der Waals surface area (Å²) in [7, 11) is 1.69. The fourth-order valence-electron chi connectivity index (χ4n) is 2.41. The van der Waals surface area contributed by atoms with Gasteiger partial charge in [0, 0.05) is 26.7 Å². The standard InChI is InChI=1S/C16H23N5O2.HI/c1-11-4-5-13(12(2)8-11)9-19-15(17-3)18-6-7-21-14(22)10-20-16(21)23;/h4-5,8H,6-7,9-10H2,1-3H3,(H,20,23)(H2,17,18,19);1H. The minimum Gasteiger partial charge on any atom is -0.355 e. The van der Waals surface area contributed by atoms with Crippen LogP contribution in [-0.4, -0.2) is 49.5 Å². The van der Waals surface area contributed by atoms with Gasteiger partial charge in [0.15, 0.2) is 5.96 Å². The lowest BCUT2D eigenvalue weighted by molar-refractivity contribution is -0.124. The lowest BCUT2D eigenvalue weighted by atomic mass is 10.1. The first kappa shape index (κ1) is 20.2. The number of amides is 3. The summed E-state index contributed by atoms with van der Waals surface area (Å²) in [6, 6.07) is 5.98. The van der Waals surface area contributed by atoms with Crippen molar-refractivity contribution in [1.29, 1.82) is 0 Å². The zero-order valence-electron chi connectivity index (χ0n) is 14.2. The van der Waals surface area contributed by atoms with Crippen molar-refractivity contribution in [2.75, 3.05) is 26.7 Å². The number of nitrogens with one attached hydrogen (secondary N) is 3. The van der Waals surface area contributed by atoms with Gasteiger partial charge in [-0.1, -0.05) is 23.8 Å². The molecule has 0 radical (unpaired) electrons. The number of guanidine groups is 1. The fourth-order valence-corrected chi connectivity index (χ4v) is 2.41.